The molecule has 0 bridgehead atoms. The number of pyridine rings is 1. The highest BCUT2D eigenvalue weighted by atomic mass is 32.2. The SMILES string of the molecule is COc1ccc2c(-c3ccccc3)cc(SCC(=O)NCc3ccccc3)nc2c1. The summed E-state index contributed by atoms with van der Waals surface area (Å²) in [5.74, 6) is 1.05. The number of hydrogen-bond acceptors (Lipinski definition) is 4. The third kappa shape index (κ3) is 4.81. The van der Waals surface area contributed by atoms with Crippen LogP contribution in [0, 0.1) is 0 Å². The fourth-order valence-corrected chi connectivity index (χ4v) is 3.97. The standard InChI is InChI=1S/C25H22N2O2S/c1-29-20-12-13-21-22(19-10-6-3-7-11-19)15-25(27-23(21)14-20)30-17-24(28)26-16-18-8-4-2-5-9-18/h2-15H,16-17H2,1H3,(H,26,28). The Bertz CT molecular complexity index is 1150. The number of thioether (sulfide) groups is 1. The number of rotatable bonds is 7. The van der Waals surface area contributed by atoms with Crippen molar-refractivity contribution < 1.29 is 9.53 Å². The predicted molar refractivity (Wildman–Crippen MR) is 123 cm³/mol. The van der Waals surface area contributed by atoms with Gasteiger partial charge in [0, 0.05) is 18.0 Å². The van der Waals surface area contributed by atoms with Gasteiger partial charge < -0.3 is 10.1 Å². The van der Waals surface area contributed by atoms with E-state index in [1.807, 2.05) is 66.7 Å². The third-order valence-electron chi connectivity index (χ3n) is 4.76. The van der Waals surface area contributed by atoms with Crippen LogP contribution in [0.3, 0.4) is 0 Å². The van der Waals surface area contributed by atoms with E-state index in [4.69, 9.17) is 9.72 Å². The van der Waals surface area contributed by atoms with Crippen LogP contribution in [0.15, 0.2) is 90.0 Å². The molecule has 0 radical (unpaired) electrons. The molecule has 4 aromatic rings. The summed E-state index contributed by atoms with van der Waals surface area (Å²) < 4.78 is 5.37. The molecule has 0 aliphatic rings. The number of benzene rings is 3. The van der Waals surface area contributed by atoms with Crippen molar-refractivity contribution in [3.8, 4) is 16.9 Å². The third-order valence-corrected chi connectivity index (χ3v) is 5.67. The summed E-state index contributed by atoms with van der Waals surface area (Å²) in [5.41, 5.74) is 4.14. The zero-order valence-electron chi connectivity index (χ0n) is 16.7. The first kappa shape index (κ1) is 20.0. The summed E-state index contributed by atoms with van der Waals surface area (Å²) in [4.78, 5) is 17.1. The van der Waals surface area contributed by atoms with Crippen LogP contribution in [0.25, 0.3) is 22.0 Å². The minimum atomic E-state index is -0.0161. The van der Waals surface area contributed by atoms with Crippen LogP contribution in [0.2, 0.25) is 0 Å². The molecule has 0 spiro atoms. The largest absolute Gasteiger partial charge is 0.497 e. The van der Waals surface area contributed by atoms with Crippen molar-refractivity contribution in [2.75, 3.05) is 12.9 Å². The van der Waals surface area contributed by atoms with Crippen molar-refractivity contribution >= 4 is 28.6 Å². The maximum Gasteiger partial charge on any atom is 0.230 e. The van der Waals surface area contributed by atoms with Gasteiger partial charge in [0.15, 0.2) is 0 Å². The molecule has 1 N–H and O–H groups in total. The topological polar surface area (TPSA) is 51.2 Å². The van der Waals surface area contributed by atoms with Crippen LogP contribution in [0.5, 0.6) is 5.75 Å². The molecule has 150 valence electrons. The zero-order chi connectivity index (χ0) is 20.8. The van der Waals surface area contributed by atoms with Crippen LogP contribution in [-0.2, 0) is 11.3 Å². The van der Waals surface area contributed by atoms with Gasteiger partial charge in [-0.15, -0.1) is 0 Å². The molecule has 30 heavy (non-hydrogen) atoms. The molecule has 1 amide bonds. The molecule has 0 aliphatic carbocycles. The molecule has 4 nitrogen and oxygen atoms in total. The molecule has 0 atom stereocenters. The van der Waals surface area contributed by atoms with E-state index in [1.54, 1.807) is 7.11 Å². The van der Waals surface area contributed by atoms with Crippen molar-refractivity contribution in [2.45, 2.75) is 11.6 Å². The number of nitrogens with zero attached hydrogens (tertiary/aromatic N) is 1. The summed E-state index contributed by atoms with van der Waals surface area (Å²) in [7, 11) is 1.65. The van der Waals surface area contributed by atoms with E-state index >= 15 is 0 Å². The molecule has 5 heteroatoms. The molecule has 0 saturated carbocycles. The van der Waals surface area contributed by atoms with E-state index in [1.165, 1.54) is 11.8 Å². The van der Waals surface area contributed by atoms with E-state index in [2.05, 4.69) is 23.5 Å². The molecule has 1 heterocycles. The normalized spacial score (nSPS) is 10.7. The first-order valence-electron chi connectivity index (χ1n) is 9.70. The van der Waals surface area contributed by atoms with Crippen LogP contribution in [0.4, 0.5) is 0 Å². The average molecular weight is 415 g/mol. The Morgan fingerprint density at radius 3 is 2.43 bits per heavy atom. The molecule has 0 fully saturated rings. The molecular formula is C25H22N2O2S. The number of methoxy groups -OCH3 is 1. The van der Waals surface area contributed by atoms with Gasteiger partial charge in [-0.3, -0.25) is 4.79 Å². The van der Waals surface area contributed by atoms with Gasteiger partial charge in [-0.1, -0.05) is 72.4 Å². The van der Waals surface area contributed by atoms with Crippen molar-refractivity contribution in [3.05, 3.63) is 90.5 Å². The second-order valence-corrected chi connectivity index (χ2v) is 7.80. The highest BCUT2D eigenvalue weighted by Crippen LogP contribution is 2.33. The maximum atomic E-state index is 12.3. The molecule has 0 unspecified atom stereocenters. The van der Waals surface area contributed by atoms with Crippen LogP contribution in [0.1, 0.15) is 5.56 Å². The number of amides is 1. The van der Waals surface area contributed by atoms with Gasteiger partial charge in [0.1, 0.15) is 5.75 Å². The van der Waals surface area contributed by atoms with Crippen LogP contribution >= 0.6 is 11.8 Å². The van der Waals surface area contributed by atoms with Gasteiger partial charge in [0.05, 0.1) is 23.4 Å². The zero-order valence-corrected chi connectivity index (χ0v) is 17.5. The number of carbonyl (C=O) groups excluding carboxylic acids is 1. The van der Waals surface area contributed by atoms with Gasteiger partial charge >= 0.3 is 0 Å². The summed E-state index contributed by atoms with van der Waals surface area (Å²) in [5, 5.41) is 4.83. The van der Waals surface area contributed by atoms with Gasteiger partial charge in [-0.25, -0.2) is 4.98 Å². The summed E-state index contributed by atoms with van der Waals surface area (Å²) >= 11 is 1.44. The van der Waals surface area contributed by atoms with Gasteiger partial charge in [0.25, 0.3) is 0 Å². The van der Waals surface area contributed by atoms with Crippen molar-refractivity contribution in [3.63, 3.8) is 0 Å². The Morgan fingerprint density at radius 1 is 0.967 bits per heavy atom. The lowest BCUT2D eigenvalue weighted by Crippen LogP contribution is -2.24. The summed E-state index contributed by atoms with van der Waals surface area (Å²) in [6.07, 6.45) is 0. The Balaban J connectivity index is 1.55. The lowest BCUT2D eigenvalue weighted by molar-refractivity contribution is -0.118. The van der Waals surface area contributed by atoms with Crippen molar-refractivity contribution in [1.82, 2.24) is 10.3 Å². The van der Waals surface area contributed by atoms with E-state index in [9.17, 15) is 4.79 Å². The lowest BCUT2D eigenvalue weighted by atomic mass is 10.0. The second kappa shape index (κ2) is 9.46. The number of aromatic nitrogens is 1. The number of fused-ring (bicyclic) bond motifs is 1. The maximum absolute atomic E-state index is 12.3. The lowest BCUT2D eigenvalue weighted by Gasteiger charge is -2.11. The Labute approximate surface area is 180 Å². The van der Waals surface area contributed by atoms with Crippen molar-refractivity contribution in [2.24, 2.45) is 0 Å². The predicted octanol–water partition coefficient (Wildman–Crippen LogP) is 5.32. The first-order chi connectivity index (χ1) is 14.7. The van der Waals surface area contributed by atoms with E-state index in [-0.39, 0.29) is 5.91 Å². The molecule has 3 aromatic carbocycles. The van der Waals surface area contributed by atoms with E-state index in [0.29, 0.717) is 12.3 Å². The average Bonchev–Trinajstić information content (AvgIpc) is 2.81. The van der Waals surface area contributed by atoms with Gasteiger partial charge in [-0.05, 0) is 34.9 Å². The summed E-state index contributed by atoms with van der Waals surface area (Å²) in [6, 6.07) is 28.1. The van der Waals surface area contributed by atoms with Crippen molar-refractivity contribution in [1.29, 1.82) is 0 Å². The van der Waals surface area contributed by atoms with E-state index < -0.39 is 0 Å². The fourth-order valence-electron chi connectivity index (χ4n) is 3.23. The highest BCUT2D eigenvalue weighted by Gasteiger charge is 2.11. The smallest absolute Gasteiger partial charge is 0.230 e. The highest BCUT2D eigenvalue weighted by molar-refractivity contribution is 7.99. The molecule has 0 aliphatic heterocycles. The number of ether oxygens (including phenoxy) is 1. The van der Waals surface area contributed by atoms with E-state index in [0.717, 1.165) is 38.4 Å². The molecule has 1 aromatic heterocycles. The minimum Gasteiger partial charge on any atom is -0.497 e. The number of hydrogen-bond donors (Lipinski definition) is 1. The number of nitrogens with one attached hydrogen (secondary N) is 1. The van der Waals surface area contributed by atoms with Crippen LogP contribution in [-0.4, -0.2) is 23.8 Å². The van der Waals surface area contributed by atoms with Gasteiger partial charge in [-0.2, -0.15) is 0 Å². The Kier molecular flexibility index (Phi) is 6.30. The fraction of sp³-hybridized carbons (Fsp3) is 0.120. The minimum absolute atomic E-state index is 0.0161. The molecule has 4 rings (SSSR count). The quantitative estimate of drug-likeness (QED) is 0.416. The second-order valence-electron chi connectivity index (χ2n) is 6.81. The van der Waals surface area contributed by atoms with Gasteiger partial charge in [0.2, 0.25) is 5.91 Å². The summed E-state index contributed by atoms with van der Waals surface area (Å²) in [6.45, 7) is 0.526. The van der Waals surface area contributed by atoms with Crippen LogP contribution < -0.4 is 10.1 Å². The number of carbonyl (C=O) groups is 1. The first-order valence-corrected chi connectivity index (χ1v) is 10.7. The Morgan fingerprint density at radius 2 is 1.70 bits per heavy atom. The molecule has 0 saturated heterocycles. The Hall–Kier alpha value is -3.31. The monoisotopic (exact) mass is 414 g/mol. The molecular weight excluding hydrogens is 392 g/mol.